The van der Waals surface area contributed by atoms with Crippen LogP contribution in [0.1, 0.15) is 19.3 Å². The summed E-state index contributed by atoms with van der Waals surface area (Å²) in [6.07, 6.45) is 14.2. The SMILES string of the molecule is C1=CCCC1.CN(C=O)c1cn(-c2cccnc2)nc1Cl. The average molecular weight is 305 g/mol. The number of hydrogen-bond acceptors (Lipinski definition) is 3. The second-order valence-corrected chi connectivity index (χ2v) is 4.94. The molecule has 3 rings (SSSR count). The second-order valence-electron chi connectivity index (χ2n) is 4.58. The van der Waals surface area contributed by atoms with Gasteiger partial charge in [0.05, 0.1) is 18.1 Å². The third-order valence-electron chi connectivity index (χ3n) is 3.01. The molecule has 0 saturated heterocycles. The molecule has 0 unspecified atom stereocenters. The minimum absolute atomic E-state index is 0.276. The molecule has 0 atom stereocenters. The summed E-state index contributed by atoms with van der Waals surface area (Å²) in [7, 11) is 1.61. The Labute approximate surface area is 128 Å². The molecule has 110 valence electrons. The molecule has 0 aromatic carbocycles. The monoisotopic (exact) mass is 304 g/mol. The molecule has 1 aliphatic carbocycles. The minimum Gasteiger partial charge on any atom is -0.314 e. The highest BCUT2D eigenvalue weighted by atomic mass is 35.5. The van der Waals surface area contributed by atoms with E-state index in [1.807, 2.05) is 6.07 Å². The molecule has 0 spiro atoms. The van der Waals surface area contributed by atoms with Gasteiger partial charge in [0.25, 0.3) is 0 Å². The molecular weight excluding hydrogens is 288 g/mol. The number of nitrogens with zero attached hydrogens (tertiary/aromatic N) is 4. The highest BCUT2D eigenvalue weighted by molar-refractivity contribution is 6.32. The lowest BCUT2D eigenvalue weighted by Gasteiger charge is -2.06. The molecule has 21 heavy (non-hydrogen) atoms. The van der Waals surface area contributed by atoms with Gasteiger partial charge < -0.3 is 4.90 Å². The molecule has 0 radical (unpaired) electrons. The summed E-state index contributed by atoms with van der Waals surface area (Å²) in [6, 6.07) is 3.65. The minimum atomic E-state index is 0.276. The molecule has 2 heterocycles. The van der Waals surface area contributed by atoms with Gasteiger partial charge in [0.1, 0.15) is 5.69 Å². The van der Waals surface area contributed by atoms with Gasteiger partial charge in [-0.05, 0) is 31.4 Å². The molecule has 0 bridgehead atoms. The fourth-order valence-electron chi connectivity index (χ4n) is 1.85. The Morgan fingerprint density at radius 1 is 1.38 bits per heavy atom. The highest BCUT2D eigenvalue weighted by Gasteiger charge is 2.11. The number of amides is 1. The van der Waals surface area contributed by atoms with Crippen molar-refractivity contribution < 1.29 is 4.79 Å². The van der Waals surface area contributed by atoms with Crippen molar-refractivity contribution in [3.63, 3.8) is 0 Å². The predicted octanol–water partition coefficient (Wildman–Crippen LogP) is 3.24. The number of carbonyl (C=O) groups is 1. The number of pyridine rings is 1. The molecule has 2 aromatic rings. The third kappa shape index (κ3) is 4.16. The lowest BCUT2D eigenvalue weighted by Crippen LogP contribution is -2.13. The summed E-state index contributed by atoms with van der Waals surface area (Å²) < 4.78 is 1.57. The Kier molecular flexibility index (Phi) is 5.51. The summed E-state index contributed by atoms with van der Waals surface area (Å²) in [6.45, 7) is 0. The van der Waals surface area contributed by atoms with E-state index in [2.05, 4.69) is 22.2 Å². The summed E-state index contributed by atoms with van der Waals surface area (Å²) in [4.78, 5) is 16.0. The van der Waals surface area contributed by atoms with Gasteiger partial charge in [0.2, 0.25) is 6.41 Å². The first-order valence-electron chi connectivity index (χ1n) is 6.71. The van der Waals surface area contributed by atoms with Crippen LogP contribution in [0.5, 0.6) is 0 Å². The van der Waals surface area contributed by atoms with Crippen LogP contribution in [-0.2, 0) is 4.79 Å². The Morgan fingerprint density at radius 2 is 2.14 bits per heavy atom. The van der Waals surface area contributed by atoms with Crippen LogP contribution >= 0.6 is 11.6 Å². The zero-order valence-corrected chi connectivity index (χ0v) is 12.6. The van der Waals surface area contributed by atoms with Crippen molar-refractivity contribution in [1.29, 1.82) is 0 Å². The van der Waals surface area contributed by atoms with Gasteiger partial charge in [0, 0.05) is 13.2 Å². The fourth-order valence-corrected chi connectivity index (χ4v) is 2.11. The number of hydrogen-bond donors (Lipinski definition) is 0. The number of rotatable bonds is 3. The van der Waals surface area contributed by atoms with Gasteiger partial charge >= 0.3 is 0 Å². The van der Waals surface area contributed by atoms with E-state index < -0.39 is 0 Å². The highest BCUT2D eigenvalue weighted by Crippen LogP contribution is 2.23. The molecule has 1 aliphatic rings. The number of anilines is 1. The number of halogens is 1. The first-order valence-corrected chi connectivity index (χ1v) is 7.09. The molecule has 2 aromatic heterocycles. The van der Waals surface area contributed by atoms with Gasteiger partial charge in [-0.1, -0.05) is 23.8 Å². The molecule has 6 heteroatoms. The molecule has 5 nitrogen and oxygen atoms in total. The standard InChI is InChI=1S/C10H9ClN4O.C5H8/c1-14(7-16)9-6-15(13-10(9)11)8-3-2-4-12-5-8;1-2-4-5-3-1/h2-7H,1H3;1-2H,3-5H2. The summed E-state index contributed by atoms with van der Waals surface area (Å²) in [5.41, 5.74) is 1.34. The summed E-state index contributed by atoms with van der Waals surface area (Å²) in [5, 5.41) is 4.37. The quantitative estimate of drug-likeness (QED) is 0.646. The number of allylic oxidation sites excluding steroid dienone is 2. The molecule has 0 saturated carbocycles. The number of aromatic nitrogens is 3. The average Bonchev–Trinajstić information content (AvgIpc) is 3.20. The van der Waals surface area contributed by atoms with E-state index in [0.717, 1.165) is 5.69 Å². The van der Waals surface area contributed by atoms with E-state index in [-0.39, 0.29) is 5.15 Å². The normalized spacial score (nSPS) is 12.7. The Morgan fingerprint density at radius 3 is 2.67 bits per heavy atom. The van der Waals surface area contributed by atoms with Gasteiger partial charge in [-0.2, -0.15) is 5.10 Å². The van der Waals surface area contributed by atoms with E-state index in [1.165, 1.54) is 24.2 Å². The summed E-state index contributed by atoms with van der Waals surface area (Å²) >= 11 is 5.92. The molecule has 1 amide bonds. The van der Waals surface area contributed by atoms with Crippen molar-refractivity contribution in [3.05, 3.63) is 48.0 Å². The van der Waals surface area contributed by atoms with Crippen LogP contribution in [0.15, 0.2) is 42.9 Å². The zero-order chi connectivity index (χ0) is 15.1. The second kappa shape index (κ2) is 7.59. The van der Waals surface area contributed by atoms with Crippen LogP contribution in [-0.4, -0.2) is 28.2 Å². The first kappa shape index (κ1) is 15.3. The Hall–Kier alpha value is -2.14. The molecule has 0 N–H and O–H groups in total. The Bertz CT molecular complexity index is 603. The van der Waals surface area contributed by atoms with Gasteiger partial charge in [0.15, 0.2) is 5.15 Å². The van der Waals surface area contributed by atoms with E-state index in [4.69, 9.17) is 11.6 Å². The smallest absolute Gasteiger partial charge is 0.214 e. The van der Waals surface area contributed by atoms with Crippen molar-refractivity contribution >= 4 is 23.7 Å². The van der Waals surface area contributed by atoms with Gasteiger partial charge in [-0.25, -0.2) is 4.68 Å². The van der Waals surface area contributed by atoms with E-state index >= 15 is 0 Å². The largest absolute Gasteiger partial charge is 0.314 e. The fraction of sp³-hybridized carbons (Fsp3) is 0.267. The number of carbonyl (C=O) groups excluding carboxylic acids is 1. The molecule has 0 aliphatic heterocycles. The van der Waals surface area contributed by atoms with Crippen LogP contribution in [0.2, 0.25) is 5.15 Å². The summed E-state index contributed by atoms with van der Waals surface area (Å²) in [5.74, 6) is 0. The topological polar surface area (TPSA) is 51.0 Å². The lowest BCUT2D eigenvalue weighted by molar-refractivity contribution is -0.107. The van der Waals surface area contributed by atoms with Crippen LogP contribution in [0, 0.1) is 0 Å². The van der Waals surface area contributed by atoms with Crippen LogP contribution in [0.3, 0.4) is 0 Å². The first-order chi connectivity index (χ1) is 10.2. The van der Waals surface area contributed by atoms with Gasteiger partial charge in [-0.15, -0.1) is 0 Å². The maximum Gasteiger partial charge on any atom is 0.214 e. The van der Waals surface area contributed by atoms with E-state index in [0.29, 0.717) is 12.1 Å². The maximum absolute atomic E-state index is 10.6. The van der Waals surface area contributed by atoms with Crippen molar-refractivity contribution in [1.82, 2.24) is 14.8 Å². The predicted molar refractivity (Wildman–Crippen MR) is 83.8 cm³/mol. The van der Waals surface area contributed by atoms with Crippen LogP contribution < -0.4 is 4.90 Å². The third-order valence-corrected chi connectivity index (χ3v) is 3.28. The zero-order valence-electron chi connectivity index (χ0n) is 11.8. The van der Waals surface area contributed by atoms with Crippen molar-refractivity contribution in [2.45, 2.75) is 19.3 Å². The maximum atomic E-state index is 10.6. The van der Waals surface area contributed by atoms with E-state index in [9.17, 15) is 4.79 Å². The van der Waals surface area contributed by atoms with E-state index in [1.54, 1.807) is 36.4 Å². The van der Waals surface area contributed by atoms with Crippen molar-refractivity contribution in [2.24, 2.45) is 0 Å². The lowest BCUT2D eigenvalue weighted by atomic mass is 10.4. The Balaban J connectivity index is 0.000000272. The molecular formula is C15H17ClN4O. The van der Waals surface area contributed by atoms with Crippen LogP contribution in [0.4, 0.5) is 5.69 Å². The van der Waals surface area contributed by atoms with Gasteiger partial charge in [-0.3, -0.25) is 9.78 Å². The van der Waals surface area contributed by atoms with Crippen molar-refractivity contribution in [2.75, 3.05) is 11.9 Å². The molecule has 0 fully saturated rings. The van der Waals surface area contributed by atoms with Crippen molar-refractivity contribution in [3.8, 4) is 5.69 Å². The van der Waals surface area contributed by atoms with Crippen LogP contribution in [0.25, 0.3) is 5.69 Å².